The Bertz CT molecular complexity index is 911. The van der Waals surface area contributed by atoms with E-state index in [1.807, 2.05) is 19.9 Å². The highest BCUT2D eigenvalue weighted by atomic mass is 16.5. The van der Waals surface area contributed by atoms with E-state index in [0.717, 1.165) is 11.1 Å². The van der Waals surface area contributed by atoms with Crippen LogP contribution in [0.25, 0.3) is 6.08 Å². The van der Waals surface area contributed by atoms with Crippen LogP contribution in [0.5, 0.6) is 23.0 Å². The number of hydrogen-bond donors (Lipinski definition) is 0. The lowest BCUT2D eigenvalue weighted by Crippen LogP contribution is -2.00. The molecule has 0 radical (unpaired) electrons. The van der Waals surface area contributed by atoms with E-state index >= 15 is 0 Å². The second kappa shape index (κ2) is 7.99. The summed E-state index contributed by atoms with van der Waals surface area (Å²) in [7, 11) is 1.57. The average Bonchev–Trinajstić information content (AvgIpc) is 2.95. The molecule has 0 unspecified atom stereocenters. The molecule has 0 bridgehead atoms. The number of ether oxygens (including phenoxy) is 4. The Kier molecular flexibility index (Phi) is 5.50. The van der Waals surface area contributed by atoms with Gasteiger partial charge in [-0.2, -0.15) is 0 Å². The summed E-state index contributed by atoms with van der Waals surface area (Å²) in [6.07, 6.45) is 1.69. The number of benzene rings is 2. The summed E-state index contributed by atoms with van der Waals surface area (Å²) in [6.45, 7) is 8.58. The molecule has 0 N–H and O–H groups in total. The van der Waals surface area contributed by atoms with Gasteiger partial charge in [-0.1, -0.05) is 12.6 Å². The molecule has 2 aromatic rings. The Hall–Kier alpha value is -3.21. The number of hydrogen-bond acceptors (Lipinski definition) is 5. The van der Waals surface area contributed by atoms with Gasteiger partial charge >= 0.3 is 0 Å². The maximum absolute atomic E-state index is 12.6. The van der Waals surface area contributed by atoms with E-state index < -0.39 is 0 Å². The van der Waals surface area contributed by atoms with Gasteiger partial charge in [-0.25, -0.2) is 0 Å². The van der Waals surface area contributed by atoms with Crippen molar-refractivity contribution in [2.45, 2.75) is 13.8 Å². The second-order valence-electron chi connectivity index (χ2n) is 6.19. The van der Waals surface area contributed by atoms with Gasteiger partial charge in [-0.15, -0.1) is 0 Å². The SMILES string of the molecule is C=C(C)COc1ccc(/C=C2\Oc3cc(OCC)ccc3C2=O)cc1OC. The van der Waals surface area contributed by atoms with E-state index in [0.29, 0.717) is 41.8 Å². The van der Waals surface area contributed by atoms with Crippen LogP contribution in [0.15, 0.2) is 54.3 Å². The van der Waals surface area contributed by atoms with Crippen LogP contribution >= 0.6 is 0 Å². The lowest BCUT2D eigenvalue weighted by molar-refractivity contribution is 0.101. The van der Waals surface area contributed by atoms with Crippen LogP contribution < -0.4 is 18.9 Å². The van der Waals surface area contributed by atoms with Crippen LogP contribution in [0.1, 0.15) is 29.8 Å². The molecule has 0 fully saturated rings. The minimum Gasteiger partial charge on any atom is -0.494 e. The van der Waals surface area contributed by atoms with Crippen LogP contribution in [-0.2, 0) is 0 Å². The van der Waals surface area contributed by atoms with Gasteiger partial charge in [-0.3, -0.25) is 4.79 Å². The number of Topliss-reactive ketones (excluding diaryl/α,β-unsaturated/α-hetero) is 1. The van der Waals surface area contributed by atoms with Crippen LogP contribution in [0, 0.1) is 0 Å². The summed E-state index contributed by atoms with van der Waals surface area (Å²) >= 11 is 0. The molecule has 27 heavy (non-hydrogen) atoms. The Labute approximate surface area is 158 Å². The monoisotopic (exact) mass is 366 g/mol. The highest BCUT2D eigenvalue weighted by molar-refractivity contribution is 6.14. The fourth-order valence-electron chi connectivity index (χ4n) is 2.67. The number of methoxy groups -OCH3 is 1. The van der Waals surface area contributed by atoms with E-state index in [4.69, 9.17) is 18.9 Å². The standard InChI is InChI=1S/C22H22O5/c1-5-25-16-7-8-17-19(12-16)27-21(22(17)23)11-15-6-9-18(20(10-15)24-4)26-13-14(2)3/h6-12H,2,5,13H2,1,3-4H3/b21-11-. The first-order valence-corrected chi connectivity index (χ1v) is 8.68. The van der Waals surface area contributed by atoms with Crippen molar-refractivity contribution in [3.63, 3.8) is 0 Å². The zero-order valence-corrected chi connectivity index (χ0v) is 15.7. The van der Waals surface area contributed by atoms with Crippen molar-refractivity contribution in [3.05, 3.63) is 65.4 Å². The summed E-state index contributed by atoms with van der Waals surface area (Å²) in [6, 6.07) is 10.7. The Morgan fingerprint density at radius 1 is 1.15 bits per heavy atom. The van der Waals surface area contributed by atoms with Crippen LogP contribution in [0.2, 0.25) is 0 Å². The molecular weight excluding hydrogens is 344 g/mol. The molecule has 0 spiro atoms. The first-order valence-electron chi connectivity index (χ1n) is 8.68. The molecule has 2 aromatic carbocycles. The summed E-state index contributed by atoms with van der Waals surface area (Å²) in [5.74, 6) is 2.47. The minimum atomic E-state index is -0.158. The van der Waals surface area contributed by atoms with Gasteiger partial charge in [0.2, 0.25) is 5.78 Å². The van der Waals surface area contributed by atoms with Crippen molar-refractivity contribution in [3.8, 4) is 23.0 Å². The fourth-order valence-corrected chi connectivity index (χ4v) is 2.67. The molecule has 5 heteroatoms. The number of fused-ring (bicyclic) bond motifs is 1. The van der Waals surface area contributed by atoms with Gasteiger partial charge in [0.15, 0.2) is 17.3 Å². The van der Waals surface area contributed by atoms with Crippen LogP contribution in [-0.4, -0.2) is 26.1 Å². The molecular formula is C22H22O5. The molecule has 1 heterocycles. The molecule has 0 aromatic heterocycles. The zero-order valence-electron chi connectivity index (χ0n) is 15.7. The minimum absolute atomic E-state index is 0.158. The third-order valence-corrected chi connectivity index (χ3v) is 3.91. The molecule has 1 aliphatic rings. The van der Waals surface area contributed by atoms with Crippen molar-refractivity contribution < 1.29 is 23.7 Å². The number of rotatable bonds is 7. The van der Waals surface area contributed by atoms with Crippen molar-refractivity contribution in [2.24, 2.45) is 0 Å². The van der Waals surface area contributed by atoms with Gasteiger partial charge in [-0.05, 0) is 55.3 Å². The van der Waals surface area contributed by atoms with Gasteiger partial charge < -0.3 is 18.9 Å². The maximum atomic E-state index is 12.6. The van der Waals surface area contributed by atoms with Gasteiger partial charge in [0.05, 0.1) is 19.3 Å². The molecule has 5 nitrogen and oxygen atoms in total. The third kappa shape index (κ3) is 4.14. The largest absolute Gasteiger partial charge is 0.494 e. The average molecular weight is 366 g/mol. The molecule has 0 saturated heterocycles. The van der Waals surface area contributed by atoms with Crippen molar-refractivity contribution >= 4 is 11.9 Å². The number of carbonyl (C=O) groups is 1. The number of carbonyl (C=O) groups excluding carboxylic acids is 1. The first kappa shape index (κ1) is 18.6. The lowest BCUT2D eigenvalue weighted by Gasteiger charge is -2.11. The molecule has 0 atom stereocenters. The van der Waals surface area contributed by atoms with E-state index in [1.165, 1.54) is 0 Å². The topological polar surface area (TPSA) is 54.0 Å². The van der Waals surface area contributed by atoms with E-state index in [2.05, 4.69) is 6.58 Å². The molecule has 1 aliphatic heterocycles. The van der Waals surface area contributed by atoms with Crippen molar-refractivity contribution in [2.75, 3.05) is 20.3 Å². The zero-order chi connectivity index (χ0) is 19.4. The molecule has 3 rings (SSSR count). The quantitative estimate of drug-likeness (QED) is 0.527. The maximum Gasteiger partial charge on any atom is 0.231 e. The van der Waals surface area contributed by atoms with Crippen LogP contribution in [0.3, 0.4) is 0 Å². The summed E-state index contributed by atoms with van der Waals surface area (Å²) in [4.78, 5) is 12.6. The third-order valence-electron chi connectivity index (χ3n) is 3.91. The van der Waals surface area contributed by atoms with Crippen molar-refractivity contribution in [1.29, 1.82) is 0 Å². The van der Waals surface area contributed by atoms with E-state index in [9.17, 15) is 4.79 Å². The smallest absolute Gasteiger partial charge is 0.231 e. The Morgan fingerprint density at radius 3 is 2.67 bits per heavy atom. The highest BCUT2D eigenvalue weighted by Gasteiger charge is 2.27. The second-order valence-corrected chi connectivity index (χ2v) is 6.19. The van der Waals surface area contributed by atoms with E-state index in [1.54, 1.807) is 43.5 Å². The fraction of sp³-hybridized carbons (Fsp3) is 0.227. The van der Waals surface area contributed by atoms with Gasteiger partial charge in [0, 0.05) is 6.07 Å². The normalized spacial score (nSPS) is 13.9. The Balaban J connectivity index is 1.84. The predicted octanol–water partition coefficient (Wildman–Crippen LogP) is 4.67. The molecule has 0 aliphatic carbocycles. The Morgan fingerprint density at radius 2 is 1.96 bits per heavy atom. The first-order chi connectivity index (χ1) is 13.0. The lowest BCUT2D eigenvalue weighted by atomic mass is 10.1. The molecule has 0 saturated carbocycles. The number of allylic oxidation sites excluding steroid dienone is 1. The van der Waals surface area contributed by atoms with Gasteiger partial charge in [0.1, 0.15) is 18.1 Å². The highest BCUT2D eigenvalue weighted by Crippen LogP contribution is 2.36. The molecule has 140 valence electrons. The van der Waals surface area contributed by atoms with E-state index in [-0.39, 0.29) is 11.5 Å². The predicted molar refractivity (Wildman–Crippen MR) is 104 cm³/mol. The summed E-state index contributed by atoms with van der Waals surface area (Å²) in [5, 5.41) is 0. The van der Waals surface area contributed by atoms with Crippen molar-refractivity contribution in [1.82, 2.24) is 0 Å². The summed E-state index contributed by atoms with van der Waals surface area (Å²) in [5.41, 5.74) is 2.21. The number of ketones is 1. The summed E-state index contributed by atoms with van der Waals surface area (Å²) < 4.78 is 22.2. The van der Waals surface area contributed by atoms with Gasteiger partial charge in [0.25, 0.3) is 0 Å². The molecule has 0 amide bonds. The van der Waals surface area contributed by atoms with Crippen LogP contribution in [0.4, 0.5) is 0 Å².